The van der Waals surface area contributed by atoms with Gasteiger partial charge in [-0.05, 0) is 60.1 Å². The maximum atomic E-state index is 4.34. The third-order valence-electron chi connectivity index (χ3n) is 3.73. The second-order valence-corrected chi connectivity index (χ2v) is 6.20. The molecule has 0 saturated heterocycles. The summed E-state index contributed by atoms with van der Waals surface area (Å²) in [5.74, 6) is 0. The Morgan fingerprint density at radius 3 is 2.43 bits per heavy atom. The number of rotatable bonds is 4. The number of para-hydroxylation sites is 2. The molecule has 23 heavy (non-hydrogen) atoms. The summed E-state index contributed by atoms with van der Waals surface area (Å²) in [5.41, 5.74) is 8.60. The highest BCUT2D eigenvalue weighted by Gasteiger charge is 2.11. The van der Waals surface area contributed by atoms with E-state index in [0.29, 0.717) is 0 Å². The molecule has 116 valence electrons. The first kappa shape index (κ1) is 15.6. The van der Waals surface area contributed by atoms with Crippen LogP contribution >= 0.6 is 15.9 Å². The van der Waals surface area contributed by atoms with Crippen LogP contribution in [0.25, 0.3) is 5.69 Å². The van der Waals surface area contributed by atoms with Gasteiger partial charge in [0.25, 0.3) is 0 Å². The summed E-state index contributed by atoms with van der Waals surface area (Å²) in [6.07, 6.45) is 1.86. The van der Waals surface area contributed by atoms with E-state index in [0.717, 1.165) is 27.1 Å². The van der Waals surface area contributed by atoms with Gasteiger partial charge in [-0.3, -0.25) is 5.43 Å². The molecule has 0 spiro atoms. The van der Waals surface area contributed by atoms with E-state index in [1.165, 1.54) is 5.69 Å². The van der Waals surface area contributed by atoms with Crippen LogP contribution in [0.15, 0.2) is 70.2 Å². The van der Waals surface area contributed by atoms with E-state index >= 15 is 0 Å². The summed E-state index contributed by atoms with van der Waals surface area (Å²) in [4.78, 5) is 0. The highest BCUT2D eigenvalue weighted by molar-refractivity contribution is 9.10. The fraction of sp³-hybridized carbons (Fsp3) is 0.105. The van der Waals surface area contributed by atoms with E-state index in [1.807, 2.05) is 48.7 Å². The molecule has 0 atom stereocenters. The molecule has 0 bridgehead atoms. The Morgan fingerprint density at radius 1 is 1.00 bits per heavy atom. The molecule has 0 aliphatic rings. The molecule has 0 unspecified atom stereocenters. The molecule has 1 aromatic heterocycles. The molecule has 0 amide bonds. The van der Waals surface area contributed by atoms with Crippen molar-refractivity contribution in [3.05, 3.63) is 82.1 Å². The summed E-state index contributed by atoms with van der Waals surface area (Å²) in [7, 11) is 0. The molecule has 0 aliphatic heterocycles. The minimum Gasteiger partial charge on any atom is -0.317 e. The molecule has 3 nitrogen and oxygen atoms in total. The van der Waals surface area contributed by atoms with Crippen LogP contribution in [0.3, 0.4) is 0 Å². The first-order chi connectivity index (χ1) is 11.2. The highest BCUT2D eigenvalue weighted by atomic mass is 79.9. The van der Waals surface area contributed by atoms with E-state index in [4.69, 9.17) is 0 Å². The maximum Gasteiger partial charge on any atom is 0.0597 e. The Labute approximate surface area is 144 Å². The zero-order chi connectivity index (χ0) is 16.2. The second kappa shape index (κ2) is 6.84. The number of halogens is 1. The number of hydrogen-bond acceptors (Lipinski definition) is 2. The van der Waals surface area contributed by atoms with Crippen molar-refractivity contribution in [2.75, 3.05) is 5.43 Å². The fourth-order valence-corrected chi connectivity index (χ4v) is 3.07. The zero-order valence-electron chi connectivity index (χ0n) is 13.1. The van der Waals surface area contributed by atoms with Crippen LogP contribution < -0.4 is 5.43 Å². The summed E-state index contributed by atoms with van der Waals surface area (Å²) in [6.45, 7) is 4.21. The van der Waals surface area contributed by atoms with Crippen LogP contribution in [0, 0.1) is 13.8 Å². The third kappa shape index (κ3) is 3.37. The van der Waals surface area contributed by atoms with Gasteiger partial charge in [-0.15, -0.1) is 0 Å². The van der Waals surface area contributed by atoms with E-state index in [-0.39, 0.29) is 0 Å². The van der Waals surface area contributed by atoms with Crippen molar-refractivity contribution in [1.29, 1.82) is 0 Å². The number of anilines is 1. The number of hydrazone groups is 1. The van der Waals surface area contributed by atoms with Crippen molar-refractivity contribution in [3.8, 4) is 5.69 Å². The van der Waals surface area contributed by atoms with Gasteiger partial charge in [0.05, 0.1) is 17.6 Å². The molecular formula is C19H18BrN3. The number of aryl methyl sites for hydroxylation is 1. The Bertz CT molecular complexity index is 835. The van der Waals surface area contributed by atoms with Crippen LogP contribution in [-0.4, -0.2) is 10.8 Å². The molecule has 1 N–H and O–H groups in total. The summed E-state index contributed by atoms with van der Waals surface area (Å²) in [6, 6.07) is 20.3. The smallest absolute Gasteiger partial charge is 0.0597 e. The van der Waals surface area contributed by atoms with Crippen molar-refractivity contribution in [1.82, 2.24) is 4.57 Å². The number of hydrogen-bond donors (Lipinski definition) is 1. The number of benzene rings is 2. The average Bonchev–Trinajstić information content (AvgIpc) is 2.83. The lowest BCUT2D eigenvalue weighted by Gasteiger charge is -2.11. The maximum absolute atomic E-state index is 4.34. The third-order valence-corrected chi connectivity index (χ3v) is 4.41. The first-order valence-electron chi connectivity index (χ1n) is 7.45. The summed E-state index contributed by atoms with van der Waals surface area (Å²) < 4.78 is 3.31. The van der Waals surface area contributed by atoms with Gasteiger partial charge < -0.3 is 4.57 Å². The van der Waals surface area contributed by atoms with Crippen LogP contribution in [0.2, 0.25) is 0 Å². The van der Waals surface area contributed by atoms with Gasteiger partial charge in [-0.25, -0.2) is 0 Å². The molecule has 3 rings (SSSR count). The molecule has 0 fully saturated rings. The highest BCUT2D eigenvalue weighted by Crippen LogP contribution is 2.26. The minimum atomic E-state index is 0.975. The van der Waals surface area contributed by atoms with Crippen molar-refractivity contribution in [2.45, 2.75) is 13.8 Å². The molecule has 0 aliphatic carbocycles. The molecule has 4 heteroatoms. The molecule has 1 heterocycles. The predicted molar refractivity (Wildman–Crippen MR) is 101 cm³/mol. The van der Waals surface area contributed by atoms with Gasteiger partial charge in [0.1, 0.15) is 0 Å². The Balaban J connectivity index is 1.88. The molecule has 0 saturated carbocycles. The van der Waals surface area contributed by atoms with Crippen LogP contribution in [0.4, 0.5) is 5.69 Å². The SMILES string of the molecule is Cc1cc(/C=N\Nc2ccccc2)c(C)n1-c1ccccc1Br. The number of nitrogens with zero attached hydrogens (tertiary/aromatic N) is 2. The van der Waals surface area contributed by atoms with Crippen molar-refractivity contribution >= 4 is 27.8 Å². The average molecular weight is 368 g/mol. The van der Waals surface area contributed by atoms with Crippen LogP contribution in [0.1, 0.15) is 17.0 Å². The number of aromatic nitrogens is 1. The molecular weight excluding hydrogens is 350 g/mol. The van der Waals surface area contributed by atoms with Gasteiger partial charge in [-0.2, -0.15) is 5.10 Å². The zero-order valence-corrected chi connectivity index (χ0v) is 14.7. The quantitative estimate of drug-likeness (QED) is 0.491. The fourth-order valence-electron chi connectivity index (χ4n) is 2.61. The van der Waals surface area contributed by atoms with Crippen molar-refractivity contribution in [2.24, 2.45) is 5.10 Å². The van der Waals surface area contributed by atoms with Gasteiger partial charge >= 0.3 is 0 Å². The molecule has 3 aromatic rings. The number of nitrogens with one attached hydrogen (secondary N) is 1. The van der Waals surface area contributed by atoms with Gasteiger partial charge in [0.2, 0.25) is 0 Å². The Hall–Kier alpha value is -2.33. The largest absolute Gasteiger partial charge is 0.317 e. The molecule has 0 radical (unpaired) electrons. The van der Waals surface area contributed by atoms with E-state index in [2.05, 4.69) is 63.1 Å². The van der Waals surface area contributed by atoms with Gasteiger partial charge in [0.15, 0.2) is 0 Å². The second-order valence-electron chi connectivity index (χ2n) is 5.35. The standard InChI is InChI=1S/C19H18BrN3/c1-14-12-16(13-21-22-17-8-4-3-5-9-17)15(2)23(14)19-11-7-6-10-18(19)20/h3-13,22H,1-2H3/b21-13-. The minimum absolute atomic E-state index is 0.975. The van der Waals surface area contributed by atoms with Crippen molar-refractivity contribution in [3.63, 3.8) is 0 Å². The monoisotopic (exact) mass is 367 g/mol. The topological polar surface area (TPSA) is 29.3 Å². The lowest BCUT2D eigenvalue weighted by atomic mass is 10.2. The summed E-state index contributed by atoms with van der Waals surface area (Å²) >= 11 is 3.63. The van der Waals surface area contributed by atoms with E-state index in [9.17, 15) is 0 Å². The van der Waals surface area contributed by atoms with Gasteiger partial charge in [0, 0.05) is 21.4 Å². The van der Waals surface area contributed by atoms with Crippen molar-refractivity contribution < 1.29 is 0 Å². The van der Waals surface area contributed by atoms with Crippen LogP contribution in [0.5, 0.6) is 0 Å². The Kier molecular flexibility index (Phi) is 4.63. The first-order valence-corrected chi connectivity index (χ1v) is 8.24. The molecule has 2 aromatic carbocycles. The van der Waals surface area contributed by atoms with Gasteiger partial charge in [-0.1, -0.05) is 30.3 Å². The lowest BCUT2D eigenvalue weighted by Crippen LogP contribution is -2.00. The lowest BCUT2D eigenvalue weighted by molar-refractivity contribution is 0.959. The van der Waals surface area contributed by atoms with E-state index in [1.54, 1.807) is 0 Å². The summed E-state index contributed by atoms with van der Waals surface area (Å²) in [5, 5.41) is 4.34. The van der Waals surface area contributed by atoms with Crippen LogP contribution in [-0.2, 0) is 0 Å². The Morgan fingerprint density at radius 2 is 1.70 bits per heavy atom. The normalized spacial score (nSPS) is 11.1. The predicted octanol–water partition coefficient (Wildman–Crippen LogP) is 5.30. The van der Waals surface area contributed by atoms with E-state index < -0.39 is 0 Å².